The minimum absolute atomic E-state index is 0.199. The first-order valence-corrected chi connectivity index (χ1v) is 8.83. The van der Waals surface area contributed by atoms with E-state index in [-0.39, 0.29) is 12.1 Å². The smallest absolute Gasteiger partial charge is 0.136 e. The highest BCUT2D eigenvalue weighted by Crippen LogP contribution is 2.57. The zero-order valence-electron chi connectivity index (χ0n) is 13.5. The molecule has 0 radical (unpaired) electrons. The summed E-state index contributed by atoms with van der Waals surface area (Å²) >= 11 is 0. The number of ether oxygens (including phenoxy) is 1. The molecule has 2 heterocycles. The van der Waals surface area contributed by atoms with Crippen molar-refractivity contribution in [3.05, 3.63) is 65.7 Å². The molecule has 0 amide bonds. The summed E-state index contributed by atoms with van der Waals surface area (Å²) in [7, 11) is 0. The van der Waals surface area contributed by atoms with Crippen LogP contribution in [0.2, 0.25) is 0 Å². The van der Waals surface area contributed by atoms with Gasteiger partial charge < -0.3 is 4.74 Å². The Morgan fingerprint density at radius 3 is 2.67 bits per heavy atom. The van der Waals surface area contributed by atoms with Gasteiger partial charge in [0.05, 0.1) is 6.07 Å². The highest BCUT2D eigenvalue weighted by molar-refractivity contribution is 5.45. The second-order valence-electron chi connectivity index (χ2n) is 7.22. The Kier molecular flexibility index (Phi) is 2.98. The molecule has 2 aromatic rings. The molecule has 24 heavy (non-hydrogen) atoms. The Bertz CT molecular complexity index is 812. The van der Waals surface area contributed by atoms with Crippen LogP contribution >= 0.6 is 0 Å². The predicted molar refractivity (Wildman–Crippen MR) is 91.3 cm³/mol. The number of hydrogen-bond acceptors (Lipinski definition) is 3. The lowest BCUT2D eigenvalue weighted by molar-refractivity contribution is 0.0347. The van der Waals surface area contributed by atoms with Gasteiger partial charge in [0.2, 0.25) is 0 Å². The summed E-state index contributed by atoms with van der Waals surface area (Å²) in [4.78, 5) is 0. The third-order valence-corrected chi connectivity index (χ3v) is 6.16. The van der Waals surface area contributed by atoms with E-state index in [2.05, 4.69) is 41.7 Å². The fraction of sp³-hybridized carbons (Fsp3) is 0.381. The SMILES string of the molecule is N#C[C@@]1(c2ccccc2)N[C@H]2c3ccccc3O[C@@H]3CCC[C@@H]1[C@H]32. The van der Waals surface area contributed by atoms with Gasteiger partial charge in [0.15, 0.2) is 0 Å². The zero-order chi connectivity index (χ0) is 16.1. The van der Waals surface area contributed by atoms with Gasteiger partial charge >= 0.3 is 0 Å². The summed E-state index contributed by atoms with van der Waals surface area (Å²) in [6, 6.07) is 21.4. The van der Waals surface area contributed by atoms with Crippen LogP contribution < -0.4 is 10.1 Å². The van der Waals surface area contributed by atoms with Crippen LogP contribution in [0.5, 0.6) is 5.75 Å². The molecular formula is C21H20N2O. The maximum atomic E-state index is 10.2. The topological polar surface area (TPSA) is 45.0 Å². The Labute approximate surface area is 142 Å². The van der Waals surface area contributed by atoms with Crippen molar-refractivity contribution in [1.29, 1.82) is 5.26 Å². The fourth-order valence-electron chi connectivity index (χ4n) is 5.19. The summed E-state index contributed by atoms with van der Waals surface area (Å²) < 4.78 is 6.34. The van der Waals surface area contributed by atoms with Gasteiger partial charge in [-0.3, -0.25) is 5.32 Å². The second kappa shape index (κ2) is 5.09. The van der Waals surface area contributed by atoms with Gasteiger partial charge in [0, 0.05) is 23.4 Å². The van der Waals surface area contributed by atoms with Crippen LogP contribution in [-0.4, -0.2) is 6.10 Å². The maximum absolute atomic E-state index is 10.2. The van der Waals surface area contributed by atoms with Crippen LogP contribution in [0.15, 0.2) is 54.6 Å². The van der Waals surface area contributed by atoms with Gasteiger partial charge in [-0.2, -0.15) is 5.26 Å². The summed E-state index contributed by atoms with van der Waals surface area (Å²) in [6.45, 7) is 0. The van der Waals surface area contributed by atoms with Gasteiger partial charge in [-0.25, -0.2) is 0 Å². The first kappa shape index (κ1) is 14.1. The average Bonchev–Trinajstić information content (AvgIpc) is 3.00. The third-order valence-electron chi connectivity index (χ3n) is 6.16. The number of fused-ring (bicyclic) bond motifs is 2. The number of benzene rings is 2. The van der Waals surface area contributed by atoms with E-state index in [1.54, 1.807) is 0 Å². The van der Waals surface area contributed by atoms with Crippen molar-refractivity contribution >= 4 is 0 Å². The molecule has 3 heteroatoms. The second-order valence-corrected chi connectivity index (χ2v) is 7.22. The molecule has 0 spiro atoms. The monoisotopic (exact) mass is 316 g/mol. The standard InChI is InChI=1S/C21H20N2O/c22-13-21(14-7-2-1-3-8-14)16-10-6-12-18-19(16)20(23-21)15-9-4-5-11-17(15)24-18/h1-5,7-9,11,16,18-20,23H,6,10,12H2/t16-,18-,19-,20+,21+/m1/s1. The molecule has 0 aromatic heterocycles. The lowest BCUT2D eigenvalue weighted by atomic mass is 9.66. The average molecular weight is 316 g/mol. The summed E-state index contributed by atoms with van der Waals surface area (Å²) in [5, 5.41) is 14.0. The minimum atomic E-state index is -0.615. The Morgan fingerprint density at radius 2 is 1.83 bits per heavy atom. The van der Waals surface area contributed by atoms with Crippen molar-refractivity contribution in [1.82, 2.24) is 5.32 Å². The first-order chi connectivity index (χ1) is 11.8. The van der Waals surface area contributed by atoms with Gasteiger partial charge in [-0.1, -0.05) is 48.5 Å². The van der Waals surface area contributed by atoms with Crippen LogP contribution in [0.1, 0.15) is 36.4 Å². The normalized spacial score (nSPS) is 36.1. The molecule has 2 aromatic carbocycles. The molecule has 0 bridgehead atoms. The Hall–Kier alpha value is -2.31. The number of rotatable bonds is 1. The quantitative estimate of drug-likeness (QED) is 0.867. The van der Waals surface area contributed by atoms with E-state index in [0.29, 0.717) is 11.8 Å². The van der Waals surface area contributed by atoms with Crippen molar-refractivity contribution in [2.45, 2.75) is 36.9 Å². The van der Waals surface area contributed by atoms with Crippen molar-refractivity contribution < 1.29 is 4.74 Å². The molecule has 0 unspecified atom stereocenters. The van der Waals surface area contributed by atoms with Gasteiger partial charge in [-0.05, 0) is 30.9 Å². The lowest BCUT2D eigenvalue weighted by Gasteiger charge is -2.42. The van der Waals surface area contributed by atoms with Crippen molar-refractivity contribution in [2.75, 3.05) is 0 Å². The summed E-state index contributed by atoms with van der Waals surface area (Å²) in [5.41, 5.74) is 1.68. The highest BCUT2D eigenvalue weighted by Gasteiger charge is 2.60. The number of nitrogens with one attached hydrogen (secondary N) is 1. The fourth-order valence-corrected chi connectivity index (χ4v) is 5.19. The van der Waals surface area contributed by atoms with Crippen molar-refractivity contribution in [2.24, 2.45) is 11.8 Å². The number of hydrogen-bond donors (Lipinski definition) is 1. The van der Waals surface area contributed by atoms with E-state index in [1.165, 1.54) is 5.56 Å². The van der Waals surface area contributed by atoms with Crippen LogP contribution in [0.25, 0.3) is 0 Å². The summed E-state index contributed by atoms with van der Waals surface area (Å²) in [6.07, 6.45) is 3.51. The predicted octanol–water partition coefficient (Wildman–Crippen LogP) is 3.93. The van der Waals surface area contributed by atoms with Crippen LogP contribution in [0.3, 0.4) is 0 Å². The molecule has 5 atom stereocenters. The van der Waals surface area contributed by atoms with Crippen molar-refractivity contribution in [3.63, 3.8) is 0 Å². The summed E-state index contributed by atoms with van der Waals surface area (Å²) in [5.74, 6) is 1.65. The van der Waals surface area contributed by atoms with Gasteiger partial charge in [-0.15, -0.1) is 0 Å². The molecule has 1 saturated carbocycles. The molecular weight excluding hydrogens is 296 g/mol. The molecule has 2 fully saturated rings. The maximum Gasteiger partial charge on any atom is 0.136 e. The third kappa shape index (κ3) is 1.75. The van der Waals surface area contributed by atoms with Gasteiger partial charge in [0.25, 0.3) is 0 Å². The van der Waals surface area contributed by atoms with Crippen molar-refractivity contribution in [3.8, 4) is 11.8 Å². The number of nitriles is 1. The molecule has 5 rings (SSSR count). The zero-order valence-corrected chi connectivity index (χ0v) is 13.5. The lowest BCUT2D eigenvalue weighted by Crippen LogP contribution is -2.44. The van der Waals surface area contributed by atoms with E-state index < -0.39 is 5.54 Å². The molecule has 120 valence electrons. The van der Waals surface area contributed by atoms with Crippen LogP contribution in [0.4, 0.5) is 0 Å². The largest absolute Gasteiger partial charge is 0.490 e. The number of para-hydroxylation sites is 1. The van der Waals surface area contributed by atoms with E-state index in [1.807, 2.05) is 24.3 Å². The van der Waals surface area contributed by atoms with E-state index in [9.17, 15) is 5.26 Å². The molecule has 1 aliphatic carbocycles. The number of nitrogens with zero attached hydrogens (tertiary/aromatic N) is 1. The highest BCUT2D eigenvalue weighted by atomic mass is 16.5. The first-order valence-electron chi connectivity index (χ1n) is 8.83. The molecule has 3 nitrogen and oxygen atoms in total. The Balaban J connectivity index is 1.68. The Morgan fingerprint density at radius 1 is 1.04 bits per heavy atom. The van der Waals surface area contributed by atoms with Gasteiger partial charge in [0.1, 0.15) is 17.4 Å². The van der Waals surface area contributed by atoms with Crippen LogP contribution in [0, 0.1) is 23.2 Å². The van der Waals surface area contributed by atoms with E-state index >= 15 is 0 Å². The molecule has 2 aliphatic heterocycles. The molecule has 3 aliphatic rings. The molecule has 1 N–H and O–H groups in total. The molecule has 1 saturated heterocycles. The minimum Gasteiger partial charge on any atom is -0.490 e. The van der Waals surface area contributed by atoms with E-state index in [4.69, 9.17) is 4.74 Å². The van der Waals surface area contributed by atoms with Crippen LogP contribution in [-0.2, 0) is 5.54 Å². The van der Waals surface area contributed by atoms with E-state index in [0.717, 1.165) is 30.6 Å².